The van der Waals surface area contributed by atoms with E-state index in [2.05, 4.69) is 11.8 Å². The van der Waals surface area contributed by atoms with E-state index in [0.717, 1.165) is 42.1 Å². The van der Waals surface area contributed by atoms with Gasteiger partial charge in [0.05, 0.1) is 18.8 Å². The number of hydrogen-bond donors (Lipinski definition) is 0. The molecule has 0 bridgehead atoms. The number of unbranched alkanes of at least 4 members (excludes halogenated alkanes) is 1. The van der Waals surface area contributed by atoms with E-state index in [4.69, 9.17) is 4.74 Å². The summed E-state index contributed by atoms with van der Waals surface area (Å²) in [4.78, 5) is 28.0. The predicted octanol–water partition coefficient (Wildman–Crippen LogP) is 4.22. The normalized spacial score (nSPS) is 15.8. The monoisotopic (exact) mass is 377 g/mol. The minimum absolute atomic E-state index is 0.144. The van der Waals surface area contributed by atoms with Crippen LogP contribution >= 0.6 is 11.8 Å². The lowest BCUT2D eigenvalue weighted by molar-refractivity contribution is -0.118. The Morgan fingerprint density at radius 2 is 1.77 bits per heavy atom. The van der Waals surface area contributed by atoms with Crippen molar-refractivity contribution in [3.8, 4) is 0 Å². The molecule has 1 aromatic rings. The Kier molecular flexibility index (Phi) is 8.32. The van der Waals surface area contributed by atoms with Gasteiger partial charge in [-0.1, -0.05) is 25.5 Å². The highest BCUT2D eigenvalue weighted by Crippen LogP contribution is 2.25. The van der Waals surface area contributed by atoms with E-state index in [1.807, 2.05) is 38.1 Å². The lowest BCUT2D eigenvalue weighted by atomic mass is 9.91. The van der Waals surface area contributed by atoms with Crippen LogP contribution in [0.3, 0.4) is 0 Å². The molecule has 0 amide bonds. The first-order valence-corrected chi connectivity index (χ1v) is 10.6. The van der Waals surface area contributed by atoms with Crippen molar-refractivity contribution in [1.29, 1.82) is 0 Å². The third-order valence-electron chi connectivity index (χ3n) is 4.93. The molecule has 1 heterocycles. The van der Waals surface area contributed by atoms with Crippen LogP contribution in [0.2, 0.25) is 0 Å². The van der Waals surface area contributed by atoms with Gasteiger partial charge < -0.3 is 4.74 Å². The summed E-state index contributed by atoms with van der Waals surface area (Å²) in [6, 6.07) is 7.80. The Bertz CT molecular complexity index is 592. The minimum Gasteiger partial charge on any atom is -0.379 e. The molecule has 1 saturated heterocycles. The average molecular weight is 378 g/mol. The first kappa shape index (κ1) is 21.1. The van der Waals surface area contributed by atoms with Crippen molar-refractivity contribution in [2.75, 3.05) is 32.1 Å². The van der Waals surface area contributed by atoms with Crippen molar-refractivity contribution >= 4 is 23.3 Å². The van der Waals surface area contributed by atoms with Crippen molar-refractivity contribution in [3.05, 3.63) is 29.8 Å². The Morgan fingerprint density at radius 1 is 1.12 bits per heavy atom. The Morgan fingerprint density at radius 3 is 2.38 bits per heavy atom. The van der Waals surface area contributed by atoms with Gasteiger partial charge in [0.15, 0.2) is 5.78 Å². The number of ketones is 2. The number of carbonyl (C=O) groups is 2. The molecule has 1 fully saturated rings. The van der Waals surface area contributed by atoms with Gasteiger partial charge in [-0.25, -0.2) is 0 Å². The second-order valence-corrected chi connectivity index (χ2v) is 8.42. The summed E-state index contributed by atoms with van der Waals surface area (Å²) in [6.45, 7) is 9.03. The fraction of sp³-hybridized carbons (Fsp3) is 0.619. The molecule has 0 radical (unpaired) electrons. The largest absolute Gasteiger partial charge is 0.379 e. The van der Waals surface area contributed by atoms with Crippen molar-refractivity contribution in [2.24, 2.45) is 0 Å². The fourth-order valence-electron chi connectivity index (χ4n) is 3.10. The molecule has 2 rings (SSSR count). The first-order chi connectivity index (χ1) is 12.4. The molecule has 1 aromatic carbocycles. The molecule has 0 atom stereocenters. The topological polar surface area (TPSA) is 46.6 Å². The van der Waals surface area contributed by atoms with Gasteiger partial charge in [0, 0.05) is 42.1 Å². The van der Waals surface area contributed by atoms with Crippen LogP contribution in [0.4, 0.5) is 0 Å². The van der Waals surface area contributed by atoms with E-state index < -0.39 is 5.54 Å². The standard InChI is InChI=1S/C21H31NO3S/c1-4-5-6-18(23)11-16-26-19-9-7-17(8-10-19)20(24)21(2,3)22-12-14-25-15-13-22/h7-10H,4-6,11-16H2,1-3H3. The van der Waals surface area contributed by atoms with E-state index in [0.29, 0.717) is 31.8 Å². The van der Waals surface area contributed by atoms with Crippen molar-refractivity contribution in [3.63, 3.8) is 0 Å². The van der Waals surface area contributed by atoms with E-state index in [1.165, 1.54) is 0 Å². The van der Waals surface area contributed by atoms with E-state index in [-0.39, 0.29) is 5.78 Å². The van der Waals surface area contributed by atoms with Crippen LogP contribution in [0, 0.1) is 0 Å². The molecule has 0 spiro atoms. The molecule has 1 aliphatic heterocycles. The van der Waals surface area contributed by atoms with Gasteiger partial charge >= 0.3 is 0 Å². The Balaban J connectivity index is 1.87. The van der Waals surface area contributed by atoms with Gasteiger partial charge in [0.1, 0.15) is 5.78 Å². The van der Waals surface area contributed by atoms with Crippen LogP contribution in [0.25, 0.3) is 0 Å². The second-order valence-electron chi connectivity index (χ2n) is 7.25. The molecule has 0 saturated carbocycles. The summed E-state index contributed by atoms with van der Waals surface area (Å²) >= 11 is 1.68. The van der Waals surface area contributed by atoms with Crippen LogP contribution in [0.5, 0.6) is 0 Å². The summed E-state index contributed by atoms with van der Waals surface area (Å²) in [7, 11) is 0. The van der Waals surface area contributed by atoms with Gasteiger partial charge in [-0.05, 0) is 32.4 Å². The highest BCUT2D eigenvalue weighted by atomic mass is 32.2. The molecule has 4 nitrogen and oxygen atoms in total. The summed E-state index contributed by atoms with van der Waals surface area (Å²) in [5.74, 6) is 1.29. The quantitative estimate of drug-likeness (QED) is 0.451. The minimum atomic E-state index is -0.524. The molecule has 0 aromatic heterocycles. The third-order valence-corrected chi connectivity index (χ3v) is 5.95. The van der Waals surface area contributed by atoms with Crippen LogP contribution in [0.1, 0.15) is 56.8 Å². The number of benzene rings is 1. The third kappa shape index (κ3) is 5.93. The van der Waals surface area contributed by atoms with Gasteiger partial charge in [-0.15, -0.1) is 11.8 Å². The van der Waals surface area contributed by atoms with E-state index in [9.17, 15) is 9.59 Å². The van der Waals surface area contributed by atoms with Crippen LogP contribution in [-0.4, -0.2) is 54.1 Å². The maximum Gasteiger partial charge on any atom is 0.182 e. The number of morpholine rings is 1. The Labute approximate surface area is 161 Å². The predicted molar refractivity (Wildman–Crippen MR) is 107 cm³/mol. The zero-order valence-electron chi connectivity index (χ0n) is 16.3. The molecule has 5 heteroatoms. The SMILES string of the molecule is CCCCC(=O)CCSc1ccc(C(=O)C(C)(C)N2CCOCC2)cc1. The van der Waals surface area contributed by atoms with Gasteiger partial charge in [0.25, 0.3) is 0 Å². The highest BCUT2D eigenvalue weighted by molar-refractivity contribution is 7.99. The zero-order valence-corrected chi connectivity index (χ0v) is 17.1. The second kappa shape index (κ2) is 10.2. The van der Waals surface area contributed by atoms with Crippen LogP contribution in [0.15, 0.2) is 29.2 Å². The van der Waals surface area contributed by atoms with Gasteiger partial charge in [-0.2, -0.15) is 0 Å². The zero-order chi connectivity index (χ0) is 19.0. The summed E-state index contributed by atoms with van der Waals surface area (Å²) in [5, 5.41) is 0. The summed E-state index contributed by atoms with van der Waals surface area (Å²) < 4.78 is 5.39. The molecule has 1 aliphatic rings. The number of thioether (sulfide) groups is 1. The molecular weight excluding hydrogens is 346 g/mol. The number of ether oxygens (including phenoxy) is 1. The number of carbonyl (C=O) groups excluding carboxylic acids is 2. The van der Waals surface area contributed by atoms with Crippen molar-refractivity contribution in [1.82, 2.24) is 4.90 Å². The maximum atomic E-state index is 12.9. The van der Waals surface area contributed by atoms with Gasteiger partial charge in [-0.3, -0.25) is 14.5 Å². The molecule has 144 valence electrons. The van der Waals surface area contributed by atoms with Gasteiger partial charge in [0.2, 0.25) is 0 Å². The molecular formula is C21H31NO3S. The molecule has 0 N–H and O–H groups in total. The molecule has 0 unspecified atom stereocenters. The lowest BCUT2D eigenvalue weighted by Crippen LogP contribution is -2.54. The lowest BCUT2D eigenvalue weighted by Gasteiger charge is -2.39. The van der Waals surface area contributed by atoms with Crippen molar-refractivity contribution < 1.29 is 14.3 Å². The summed E-state index contributed by atoms with van der Waals surface area (Å²) in [6.07, 6.45) is 3.37. The van der Waals surface area contributed by atoms with Crippen LogP contribution in [-0.2, 0) is 9.53 Å². The maximum absolute atomic E-state index is 12.9. The van der Waals surface area contributed by atoms with Crippen LogP contribution < -0.4 is 0 Å². The van der Waals surface area contributed by atoms with E-state index >= 15 is 0 Å². The number of rotatable bonds is 10. The van der Waals surface area contributed by atoms with E-state index in [1.54, 1.807) is 11.8 Å². The highest BCUT2D eigenvalue weighted by Gasteiger charge is 2.35. The summed E-state index contributed by atoms with van der Waals surface area (Å²) in [5.41, 5.74) is 0.217. The molecule has 0 aliphatic carbocycles. The number of nitrogens with zero attached hydrogens (tertiary/aromatic N) is 1. The molecule has 26 heavy (non-hydrogen) atoms. The number of hydrogen-bond acceptors (Lipinski definition) is 5. The average Bonchev–Trinajstić information content (AvgIpc) is 2.67. The Hall–Kier alpha value is -1.17. The fourth-order valence-corrected chi connectivity index (χ4v) is 4.00. The smallest absolute Gasteiger partial charge is 0.182 e. The first-order valence-electron chi connectivity index (χ1n) is 9.57. The number of Topliss-reactive ketones (excluding diaryl/α,β-unsaturated/α-hetero) is 2. The van der Waals surface area contributed by atoms with Crippen molar-refractivity contribution in [2.45, 2.75) is 56.9 Å².